The Morgan fingerprint density at radius 2 is 2.09 bits per heavy atom. The molecular weight excluding hydrogens is 138 g/mol. The topological polar surface area (TPSA) is 18.5 Å². The number of rotatable bonds is 1. The molecule has 0 radical (unpaired) electrons. The number of allylic oxidation sites excluding steroid dienone is 2. The molecule has 0 fully saturated rings. The molecule has 1 rings (SSSR count). The van der Waals surface area contributed by atoms with E-state index in [0.717, 1.165) is 5.82 Å². The molecule has 1 heterocycles. The van der Waals surface area contributed by atoms with Gasteiger partial charge in [-0.25, -0.2) is 0 Å². The van der Waals surface area contributed by atoms with Crippen LogP contribution in [-0.2, 0) is 0 Å². The molecule has 3 nitrogen and oxygen atoms in total. The lowest BCUT2D eigenvalue weighted by molar-refractivity contribution is 0.296. The highest BCUT2D eigenvalue weighted by molar-refractivity contribution is 5.23. The average molecular weight is 153 g/mol. The van der Waals surface area contributed by atoms with Crippen molar-refractivity contribution < 1.29 is 0 Å². The number of hydrazine groups is 1. The molecule has 62 valence electrons. The number of nitrogens with one attached hydrogen (secondary N) is 1. The molecule has 0 aromatic rings. The SMILES string of the molecule is CC1=C(N(C)C)NN(C)C=C1. The van der Waals surface area contributed by atoms with Gasteiger partial charge in [-0.2, -0.15) is 0 Å². The van der Waals surface area contributed by atoms with E-state index in [1.807, 2.05) is 32.4 Å². The van der Waals surface area contributed by atoms with Crippen molar-refractivity contribution in [3.8, 4) is 0 Å². The third-order valence-electron chi connectivity index (χ3n) is 1.65. The minimum absolute atomic E-state index is 1.15. The molecule has 0 amide bonds. The molecule has 0 aromatic carbocycles. The maximum Gasteiger partial charge on any atom is 0.123 e. The molecule has 0 saturated heterocycles. The zero-order valence-corrected chi connectivity index (χ0v) is 7.55. The van der Waals surface area contributed by atoms with E-state index in [-0.39, 0.29) is 0 Å². The maximum absolute atomic E-state index is 3.22. The summed E-state index contributed by atoms with van der Waals surface area (Å²) in [6, 6.07) is 0. The fourth-order valence-corrected chi connectivity index (χ4v) is 1.05. The Hall–Kier alpha value is -1.12. The third-order valence-corrected chi connectivity index (χ3v) is 1.65. The van der Waals surface area contributed by atoms with Gasteiger partial charge >= 0.3 is 0 Å². The van der Waals surface area contributed by atoms with Crippen LogP contribution in [0.15, 0.2) is 23.7 Å². The molecule has 11 heavy (non-hydrogen) atoms. The van der Waals surface area contributed by atoms with Crippen LogP contribution >= 0.6 is 0 Å². The second kappa shape index (κ2) is 2.86. The second-order valence-electron chi connectivity index (χ2n) is 2.96. The Morgan fingerprint density at radius 3 is 2.55 bits per heavy atom. The molecule has 3 heteroatoms. The van der Waals surface area contributed by atoms with Gasteiger partial charge in [0.2, 0.25) is 0 Å². The molecular formula is C8H15N3. The first kappa shape index (κ1) is 7.98. The van der Waals surface area contributed by atoms with Crippen molar-refractivity contribution in [2.75, 3.05) is 21.1 Å². The lowest BCUT2D eigenvalue weighted by Crippen LogP contribution is -2.37. The Labute approximate surface area is 67.9 Å². The summed E-state index contributed by atoms with van der Waals surface area (Å²) in [6.07, 6.45) is 4.09. The van der Waals surface area contributed by atoms with Gasteiger partial charge in [0.15, 0.2) is 0 Å². The molecule has 0 spiro atoms. The zero-order valence-electron chi connectivity index (χ0n) is 7.55. The van der Waals surface area contributed by atoms with Crippen molar-refractivity contribution in [2.45, 2.75) is 6.92 Å². The van der Waals surface area contributed by atoms with Gasteiger partial charge in [-0.1, -0.05) is 0 Å². The largest absolute Gasteiger partial charge is 0.363 e. The quantitative estimate of drug-likeness (QED) is 0.599. The molecule has 0 atom stereocenters. The maximum atomic E-state index is 3.22. The van der Waals surface area contributed by atoms with Crippen LogP contribution < -0.4 is 5.43 Å². The second-order valence-corrected chi connectivity index (χ2v) is 2.96. The predicted octanol–water partition coefficient (Wildman–Crippen LogP) is 0.743. The molecule has 1 aliphatic heterocycles. The molecule has 1 N–H and O–H groups in total. The van der Waals surface area contributed by atoms with Crippen LogP contribution in [0.4, 0.5) is 0 Å². The minimum Gasteiger partial charge on any atom is -0.363 e. The Balaban J connectivity index is 2.81. The van der Waals surface area contributed by atoms with Crippen LogP contribution in [0.3, 0.4) is 0 Å². The highest BCUT2D eigenvalue weighted by Crippen LogP contribution is 2.09. The fourth-order valence-electron chi connectivity index (χ4n) is 1.05. The van der Waals surface area contributed by atoms with Crippen molar-refractivity contribution in [1.82, 2.24) is 15.3 Å². The normalized spacial score (nSPS) is 16.9. The van der Waals surface area contributed by atoms with Crippen molar-refractivity contribution in [2.24, 2.45) is 0 Å². The van der Waals surface area contributed by atoms with Crippen LogP contribution in [0.25, 0.3) is 0 Å². The van der Waals surface area contributed by atoms with Crippen LogP contribution in [0.1, 0.15) is 6.92 Å². The number of hydrogen-bond acceptors (Lipinski definition) is 3. The van der Waals surface area contributed by atoms with Crippen LogP contribution in [0, 0.1) is 0 Å². The van der Waals surface area contributed by atoms with Gasteiger partial charge in [0.1, 0.15) is 5.82 Å². The monoisotopic (exact) mass is 153 g/mol. The van der Waals surface area contributed by atoms with E-state index in [1.165, 1.54) is 5.57 Å². The van der Waals surface area contributed by atoms with Crippen molar-refractivity contribution in [3.05, 3.63) is 23.7 Å². The van der Waals surface area contributed by atoms with Crippen LogP contribution in [-0.4, -0.2) is 31.1 Å². The van der Waals surface area contributed by atoms with Crippen molar-refractivity contribution >= 4 is 0 Å². The van der Waals surface area contributed by atoms with Crippen molar-refractivity contribution in [1.29, 1.82) is 0 Å². The third kappa shape index (κ3) is 1.67. The van der Waals surface area contributed by atoms with Gasteiger partial charge < -0.3 is 4.90 Å². The summed E-state index contributed by atoms with van der Waals surface area (Å²) < 4.78 is 0. The van der Waals surface area contributed by atoms with Gasteiger partial charge in [0, 0.05) is 27.3 Å². The smallest absolute Gasteiger partial charge is 0.123 e. The minimum atomic E-state index is 1.15. The molecule has 0 aliphatic carbocycles. The summed E-state index contributed by atoms with van der Waals surface area (Å²) in [5.41, 5.74) is 4.48. The summed E-state index contributed by atoms with van der Waals surface area (Å²) in [7, 11) is 6.03. The molecule has 0 bridgehead atoms. The lowest BCUT2D eigenvalue weighted by Gasteiger charge is -2.29. The van der Waals surface area contributed by atoms with Gasteiger partial charge in [0.05, 0.1) is 0 Å². The van der Waals surface area contributed by atoms with E-state index in [2.05, 4.69) is 23.3 Å². The van der Waals surface area contributed by atoms with Gasteiger partial charge in [-0.05, 0) is 18.6 Å². The van der Waals surface area contributed by atoms with E-state index in [0.29, 0.717) is 0 Å². The Kier molecular flexibility index (Phi) is 2.08. The van der Waals surface area contributed by atoms with E-state index < -0.39 is 0 Å². The highest BCUT2D eigenvalue weighted by Gasteiger charge is 2.07. The van der Waals surface area contributed by atoms with E-state index in [9.17, 15) is 0 Å². The summed E-state index contributed by atoms with van der Waals surface area (Å²) in [5, 5.41) is 1.93. The summed E-state index contributed by atoms with van der Waals surface area (Å²) in [5.74, 6) is 1.15. The first-order valence-electron chi connectivity index (χ1n) is 3.67. The summed E-state index contributed by atoms with van der Waals surface area (Å²) >= 11 is 0. The molecule has 1 aliphatic rings. The lowest BCUT2D eigenvalue weighted by atomic mass is 10.2. The summed E-state index contributed by atoms with van der Waals surface area (Å²) in [6.45, 7) is 2.09. The predicted molar refractivity (Wildman–Crippen MR) is 46.4 cm³/mol. The Bertz CT molecular complexity index is 203. The molecule has 0 aromatic heterocycles. The fraction of sp³-hybridized carbons (Fsp3) is 0.500. The first-order chi connectivity index (χ1) is 5.11. The average Bonchev–Trinajstić information content (AvgIpc) is 1.94. The van der Waals surface area contributed by atoms with Gasteiger partial charge in [-0.3, -0.25) is 10.4 Å². The molecule has 0 unspecified atom stereocenters. The standard InChI is InChI=1S/C8H15N3/c1-7-5-6-11(4)9-8(7)10(2)3/h5-6,9H,1-4H3. The highest BCUT2D eigenvalue weighted by atomic mass is 15.5. The first-order valence-corrected chi connectivity index (χ1v) is 3.67. The summed E-state index contributed by atoms with van der Waals surface area (Å²) in [4.78, 5) is 2.06. The van der Waals surface area contributed by atoms with E-state index in [4.69, 9.17) is 0 Å². The van der Waals surface area contributed by atoms with E-state index in [1.54, 1.807) is 0 Å². The van der Waals surface area contributed by atoms with E-state index >= 15 is 0 Å². The number of hydrogen-bond donors (Lipinski definition) is 1. The van der Waals surface area contributed by atoms with Crippen molar-refractivity contribution in [3.63, 3.8) is 0 Å². The zero-order chi connectivity index (χ0) is 8.43. The van der Waals surface area contributed by atoms with Gasteiger partial charge in [-0.15, -0.1) is 0 Å². The molecule has 0 saturated carbocycles. The number of nitrogens with zero attached hydrogens (tertiary/aromatic N) is 2. The van der Waals surface area contributed by atoms with Crippen LogP contribution in [0.5, 0.6) is 0 Å². The Morgan fingerprint density at radius 1 is 1.45 bits per heavy atom. The van der Waals surface area contributed by atoms with Crippen LogP contribution in [0.2, 0.25) is 0 Å². The van der Waals surface area contributed by atoms with Gasteiger partial charge in [0.25, 0.3) is 0 Å².